The molecule has 19 heavy (non-hydrogen) atoms. The van der Waals surface area contributed by atoms with Gasteiger partial charge < -0.3 is 4.90 Å². The number of hydrogen-bond donors (Lipinski definition) is 0. The Bertz CT molecular complexity index is 380. The zero-order valence-electron chi connectivity index (χ0n) is 11.4. The van der Waals surface area contributed by atoms with Crippen LogP contribution in [-0.4, -0.2) is 48.7 Å². The molecule has 0 aliphatic rings. The summed E-state index contributed by atoms with van der Waals surface area (Å²) in [5.74, 6) is 1.02. The molecule has 0 bridgehead atoms. The second-order valence-corrected chi connectivity index (χ2v) is 5.08. The van der Waals surface area contributed by atoms with Crippen molar-refractivity contribution in [3.05, 3.63) is 30.3 Å². The second kappa shape index (κ2) is 8.41. The monoisotopic (exact) mass is 302 g/mol. The van der Waals surface area contributed by atoms with Crippen LogP contribution < -0.4 is 4.90 Å². The van der Waals surface area contributed by atoms with E-state index in [4.69, 9.17) is 23.2 Å². The largest absolute Gasteiger partial charge is 0.314 e. The molecule has 0 aromatic heterocycles. The molecule has 0 saturated heterocycles. The molecule has 1 atom stereocenters. The summed E-state index contributed by atoms with van der Waals surface area (Å²) in [5.41, 5.74) is 0.885. The fraction of sp³-hybridized carbons (Fsp3) is 0.500. The van der Waals surface area contributed by atoms with E-state index in [9.17, 15) is 4.79 Å². The summed E-state index contributed by atoms with van der Waals surface area (Å²) < 4.78 is 0. The first-order valence-corrected chi connectivity index (χ1v) is 7.37. The Balaban J connectivity index is 2.74. The number of anilines is 1. The maximum absolute atomic E-state index is 12.4. The third-order valence-corrected chi connectivity index (χ3v) is 3.46. The molecule has 1 aromatic rings. The molecule has 0 N–H and O–H groups in total. The van der Waals surface area contributed by atoms with Crippen LogP contribution in [-0.2, 0) is 4.79 Å². The molecule has 0 aliphatic carbocycles. The van der Waals surface area contributed by atoms with Crippen molar-refractivity contribution in [3.63, 3.8) is 0 Å². The zero-order valence-corrected chi connectivity index (χ0v) is 12.9. The Morgan fingerprint density at radius 1 is 1.16 bits per heavy atom. The lowest BCUT2D eigenvalue weighted by Gasteiger charge is -2.30. The van der Waals surface area contributed by atoms with Crippen LogP contribution in [0.5, 0.6) is 0 Å². The van der Waals surface area contributed by atoms with Gasteiger partial charge in [-0.3, -0.25) is 9.69 Å². The van der Waals surface area contributed by atoms with Crippen molar-refractivity contribution in [1.82, 2.24) is 4.90 Å². The summed E-state index contributed by atoms with van der Waals surface area (Å²) >= 11 is 11.5. The minimum atomic E-state index is -0.234. The molecular weight excluding hydrogens is 283 g/mol. The second-order valence-electron chi connectivity index (χ2n) is 4.32. The Morgan fingerprint density at radius 3 is 2.16 bits per heavy atom. The van der Waals surface area contributed by atoms with Gasteiger partial charge in [-0.2, -0.15) is 0 Å². The van der Waals surface area contributed by atoms with Crippen molar-refractivity contribution in [2.24, 2.45) is 0 Å². The third kappa shape index (κ3) is 4.68. The van der Waals surface area contributed by atoms with E-state index in [0.29, 0.717) is 24.8 Å². The van der Waals surface area contributed by atoms with Gasteiger partial charge in [-0.05, 0) is 19.1 Å². The normalized spacial score (nSPS) is 12.5. The number of nitrogens with zero attached hydrogens (tertiary/aromatic N) is 2. The molecule has 0 aliphatic heterocycles. The van der Waals surface area contributed by atoms with E-state index in [1.165, 1.54) is 0 Å². The standard InChI is InChI=1S/C14H20Cl2N2O/c1-12(18(10-8-15)11-9-16)14(19)17(2)13-6-4-3-5-7-13/h3-7,12H,8-11H2,1-2H3. The third-order valence-electron chi connectivity index (χ3n) is 3.12. The van der Waals surface area contributed by atoms with E-state index in [1.54, 1.807) is 11.9 Å². The molecule has 0 fully saturated rings. The molecule has 5 heteroatoms. The number of hydrogen-bond acceptors (Lipinski definition) is 2. The summed E-state index contributed by atoms with van der Waals surface area (Å²) in [7, 11) is 1.79. The Kier molecular flexibility index (Phi) is 7.21. The fourth-order valence-electron chi connectivity index (χ4n) is 1.93. The highest BCUT2D eigenvalue weighted by Crippen LogP contribution is 2.14. The Morgan fingerprint density at radius 2 is 1.68 bits per heavy atom. The number of likely N-dealkylation sites (N-methyl/N-ethyl adjacent to an activating group) is 1. The smallest absolute Gasteiger partial charge is 0.243 e. The van der Waals surface area contributed by atoms with Gasteiger partial charge in [0.05, 0.1) is 6.04 Å². The van der Waals surface area contributed by atoms with E-state index in [2.05, 4.69) is 0 Å². The average Bonchev–Trinajstić information content (AvgIpc) is 2.45. The van der Waals surface area contributed by atoms with Gasteiger partial charge in [-0.15, -0.1) is 23.2 Å². The van der Waals surface area contributed by atoms with Crippen LogP contribution in [0.15, 0.2) is 30.3 Å². The van der Waals surface area contributed by atoms with Crippen molar-refractivity contribution >= 4 is 34.8 Å². The molecule has 0 heterocycles. The molecule has 3 nitrogen and oxygen atoms in total. The van der Waals surface area contributed by atoms with E-state index < -0.39 is 0 Å². The molecule has 1 amide bonds. The SMILES string of the molecule is CC(C(=O)N(C)c1ccccc1)N(CCCl)CCCl. The average molecular weight is 303 g/mol. The van der Waals surface area contributed by atoms with Gasteiger partial charge >= 0.3 is 0 Å². The topological polar surface area (TPSA) is 23.6 Å². The highest BCUT2D eigenvalue weighted by atomic mass is 35.5. The molecule has 1 aromatic carbocycles. The molecule has 1 rings (SSSR count). The van der Waals surface area contributed by atoms with Crippen LogP contribution in [0.25, 0.3) is 0 Å². The number of amides is 1. The summed E-state index contributed by atoms with van der Waals surface area (Å²) in [6, 6.07) is 9.36. The van der Waals surface area contributed by atoms with Crippen LogP contribution in [0, 0.1) is 0 Å². The van der Waals surface area contributed by atoms with Crippen LogP contribution in [0.4, 0.5) is 5.69 Å². The minimum Gasteiger partial charge on any atom is -0.314 e. The number of alkyl halides is 2. The number of rotatable bonds is 7. The number of carbonyl (C=O) groups excluding carboxylic acids is 1. The lowest BCUT2D eigenvalue weighted by atomic mass is 10.2. The van der Waals surface area contributed by atoms with E-state index in [0.717, 1.165) is 5.69 Å². The molecule has 0 spiro atoms. The van der Waals surface area contributed by atoms with Gasteiger partial charge in [0.15, 0.2) is 0 Å². The van der Waals surface area contributed by atoms with Gasteiger partial charge in [0.2, 0.25) is 5.91 Å². The van der Waals surface area contributed by atoms with E-state index in [1.807, 2.05) is 42.2 Å². The highest BCUT2D eigenvalue weighted by molar-refractivity contribution is 6.18. The van der Waals surface area contributed by atoms with Crippen LogP contribution >= 0.6 is 23.2 Å². The maximum Gasteiger partial charge on any atom is 0.243 e. The van der Waals surface area contributed by atoms with Gasteiger partial charge in [-0.1, -0.05) is 18.2 Å². The molecule has 0 radical (unpaired) electrons. The molecule has 0 saturated carbocycles. The van der Waals surface area contributed by atoms with Crippen molar-refractivity contribution in [3.8, 4) is 0 Å². The quantitative estimate of drug-likeness (QED) is 0.723. The summed E-state index contributed by atoms with van der Waals surface area (Å²) in [4.78, 5) is 16.1. The van der Waals surface area contributed by atoms with Crippen LogP contribution in [0.3, 0.4) is 0 Å². The number of carbonyl (C=O) groups is 1. The summed E-state index contributed by atoms with van der Waals surface area (Å²) in [5, 5.41) is 0. The van der Waals surface area contributed by atoms with E-state index in [-0.39, 0.29) is 11.9 Å². The summed E-state index contributed by atoms with van der Waals surface area (Å²) in [6.45, 7) is 3.20. The number of benzene rings is 1. The van der Waals surface area contributed by atoms with Gasteiger partial charge in [0, 0.05) is 37.6 Å². The molecule has 106 valence electrons. The lowest BCUT2D eigenvalue weighted by Crippen LogP contribution is -2.47. The minimum absolute atomic E-state index is 0.0430. The first-order chi connectivity index (χ1) is 9.11. The summed E-state index contributed by atoms with van der Waals surface area (Å²) in [6.07, 6.45) is 0. The lowest BCUT2D eigenvalue weighted by molar-refractivity contribution is -0.122. The maximum atomic E-state index is 12.4. The predicted molar refractivity (Wildman–Crippen MR) is 82.3 cm³/mol. The first-order valence-electron chi connectivity index (χ1n) is 6.30. The Hall–Kier alpha value is -0.770. The first kappa shape index (κ1) is 16.3. The van der Waals surface area contributed by atoms with Gasteiger partial charge in [0.1, 0.15) is 0 Å². The predicted octanol–water partition coefficient (Wildman–Crippen LogP) is 2.82. The fourth-order valence-corrected chi connectivity index (χ4v) is 2.37. The number of para-hydroxylation sites is 1. The van der Waals surface area contributed by atoms with Gasteiger partial charge in [-0.25, -0.2) is 0 Å². The Labute approximate surface area is 125 Å². The van der Waals surface area contributed by atoms with E-state index >= 15 is 0 Å². The van der Waals surface area contributed by atoms with Crippen molar-refractivity contribution in [2.75, 3.05) is 36.8 Å². The van der Waals surface area contributed by atoms with Crippen LogP contribution in [0.2, 0.25) is 0 Å². The zero-order chi connectivity index (χ0) is 14.3. The van der Waals surface area contributed by atoms with Gasteiger partial charge in [0.25, 0.3) is 0 Å². The number of halogens is 2. The molecule has 1 unspecified atom stereocenters. The van der Waals surface area contributed by atoms with Crippen molar-refractivity contribution in [2.45, 2.75) is 13.0 Å². The van der Waals surface area contributed by atoms with Crippen molar-refractivity contribution in [1.29, 1.82) is 0 Å². The van der Waals surface area contributed by atoms with Crippen molar-refractivity contribution < 1.29 is 4.79 Å². The highest BCUT2D eigenvalue weighted by Gasteiger charge is 2.24. The van der Waals surface area contributed by atoms with Crippen LogP contribution in [0.1, 0.15) is 6.92 Å². The molecular formula is C14H20Cl2N2O.